The number of hydrogen-bond acceptors (Lipinski definition) is 3. The molecule has 0 fully saturated rings. The SMILES string of the molecule is COc1ccc(CN)cc1COc1ccc(F)cc1. The van der Waals surface area contributed by atoms with Gasteiger partial charge < -0.3 is 15.2 Å². The quantitative estimate of drug-likeness (QED) is 0.900. The van der Waals surface area contributed by atoms with E-state index in [1.54, 1.807) is 19.2 Å². The fraction of sp³-hybridized carbons (Fsp3) is 0.200. The van der Waals surface area contributed by atoms with Crippen LogP contribution in [0.25, 0.3) is 0 Å². The lowest BCUT2D eigenvalue weighted by atomic mass is 10.1. The zero-order chi connectivity index (χ0) is 13.7. The van der Waals surface area contributed by atoms with Crippen LogP contribution in [0.15, 0.2) is 42.5 Å². The van der Waals surface area contributed by atoms with Gasteiger partial charge in [-0.05, 0) is 42.0 Å². The molecule has 0 bridgehead atoms. The number of halogens is 1. The molecule has 0 aliphatic carbocycles. The second-order valence-electron chi connectivity index (χ2n) is 4.09. The third kappa shape index (κ3) is 3.45. The topological polar surface area (TPSA) is 44.5 Å². The summed E-state index contributed by atoms with van der Waals surface area (Å²) in [6.07, 6.45) is 0. The van der Waals surface area contributed by atoms with Crippen molar-refractivity contribution in [3.8, 4) is 11.5 Å². The summed E-state index contributed by atoms with van der Waals surface area (Å²) in [6.45, 7) is 0.816. The average molecular weight is 261 g/mol. The Morgan fingerprint density at radius 3 is 2.47 bits per heavy atom. The molecule has 3 nitrogen and oxygen atoms in total. The number of nitrogens with two attached hydrogens (primary N) is 1. The minimum Gasteiger partial charge on any atom is -0.496 e. The first kappa shape index (κ1) is 13.4. The molecule has 0 unspecified atom stereocenters. The fourth-order valence-corrected chi connectivity index (χ4v) is 1.76. The van der Waals surface area contributed by atoms with Crippen LogP contribution in [-0.2, 0) is 13.2 Å². The molecule has 2 aromatic carbocycles. The zero-order valence-corrected chi connectivity index (χ0v) is 10.7. The Bertz CT molecular complexity index is 540. The lowest BCUT2D eigenvalue weighted by molar-refractivity contribution is 0.296. The number of methoxy groups -OCH3 is 1. The van der Waals surface area contributed by atoms with Crippen molar-refractivity contribution in [2.45, 2.75) is 13.2 Å². The minimum absolute atomic E-state index is 0.282. The van der Waals surface area contributed by atoms with Crippen LogP contribution in [-0.4, -0.2) is 7.11 Å². The molecule has 0 saturated heterocycles. The van der Waals surface area contributed by atoms with E-state index in [1.807, 2.05) is 18.2 Å². The van der Waals surface area contributed by atoms with E-state index < -0.39 is 0 Å². The van der Waals surface area contributed by atoms with E-state index in [0.29, 0.717) is 18.9 Å². The molecule has 0 aromatic heterocycles. The second-order valence-corrected chi connectivity index (χ2v) is 4.09. The number of rotatable bonds is 5. The molecule has 0 radical (unpaired) electrons. The molecule has 2 N–H and O–H groups in total. The molecule has 0 amide bonds. The van der Waals surface area contributed by atoms with Crippen LogP contribution in [0.2, 0.25) is 0 Å². The molecule has 2 rings (SSSR count). The Balaban J connectivity index is 2.11. The van der Waals surface area contributed by atoms with Crippen molar-refractivity contribution in [2.24, 2.45) is 5.73 Å². The molecule has 0 aliphatic heterocycles. The summed E-state index contributed by atoms with van der Waals surface area (Å²) in [6, 6.07) is 11.6. The van der Waals surface area contributed by atoms with Crippen LogP contribution in [0, 0.1) is 5.82 Å². The first-order valence-electron chi connectivity index (χ1n) is 5.97. The molecule has 0 spiro atoms. The van der Waals surface area contributed by atoms with Gasteiger partial charge in [-0.25, -0.2) is 4.39 Å². The van der Waals surface area contributed by atoms with Crippen molar-refractivity contribution < 1.29 is 13.9 Å². The molecule has 0 saturated carbocycles. The van der Waals surface area contributed by atoms with Crippen LogP contribution >= 0.6 is 0 Å². The van der Waals surface area contributed by atoms with Crippen LogP contribution in [0.5, 0.6) is 11.5 Å². The molecule has 0 heterocycles. The fourth-order valence-electron chi connectivity index (χ4n) is 1.76. The van der Waals surface area contributed by atoms with Crippen LogP contribution in [0.1, 0.15) is 11.1 Å². The first-order chi connectivity index (χ1) is 9.22. The highest BCUT2D eigenvalue weighted by Gasteiger charge is 2.05. The monoisotopic (exact) mass is 261 g/mol. The maximum absolute atomic E-state index is 12.8. The Labute approximate surface area is 111 Å². The van der Waals surface area contributed by atoms with Gasteiger partial charge in [0, 0.05) is 12.1 Å². The summed E-state index contributed by atoms with van der Waals surface area (Å²) in [5.41, 5.74) is 7.54. The van der Waals surface area contributed by atoms with Gasteiger partial charge in [0.2, 0.25) is 0 Å². The van der Waals surface area contributed by atoms with Gasteiger partial charge in [0.25, 0.3) is 0 Å². The molecule has 100 valence electrons. The van der Waals surface area contributed by atoms with Crippen molar-refractivity contribution in [1.82, 2.24) is 0 Å². The molecule has 0 atom stereocenters. The predicted octanol–water partition coefficient (Wildman–Crippen LogP) is 2.87. The standard InChI is InChI=1S/C15H16FNO2/c1-18-15-7-2-11(9-17)8-12(15)10-19-14-5-3-13(16)4-6-14/h2-8H,9-10,17H2,1H3. The Morgan fingerprint density at radius 2 is 1.84 bits per heavy atom. The number of ether oxygens (including phenoxy) is 2. The Morgan fingerprint density at radius 1 is 1.11 bits per heavy atom. The summed E-state index contributed by atoms with van der Waals surface area (Å²) in [5, 5.41) is 0. The number of hydrogen-bond donors (Lipinski definition) is 1. The first-order valence-corrected chi connectivity index (χ1v) is 5.97. The smallest absolute Gasteiger partial charge is 0.125 e. The van der Waals surface area contributed by atoms with Gasteiger partial charge in [0.05, 0.1) is 7.11 Å². The van der Waals surface area contributed by atoms with E-state index in [-0.39, 0.29) is 5.82 Å². The predicted molar refractivity (Wildman–Crippen MR) is 71.6 cm³/mol. The number of benzene rings is 2. The van der Waals surface area contributed by atoms with E-state index in [2.05, 4.69) is 0 Å². The minimum atomic E-state index is -0.282. The molecule has 4 heteroatoms. The molecule has 0 aliphatic rings. The summed E-state index contributed by atoms with van der Waals surface area (Å²) >= 11 is 0. The van der Waals surface area contributed by atoms with E-state index in [9.17, 15) is 4.39 Å². The largest absolute Gasteiger partial charge is 0.496 e. The van der Waals surface area contributed by atoms with Crippen molar-refractivity contribution in [3.05, 3.63) is 59.4 Å². The molecular weight excluding hydrogens is 245 g/mol. The van der Waals surface area contributed by atoms with Crippen LogP contribution in [0.4, 0.5) is 4.39 Å². The lowest BCUT2D eigenvalue weighted by Crippen LogP contribution is -2.02. The van der Waals surface area contributed by atoms with Gasteiger partial charge in [0.15, 0.2) is 0 Å². The Hall–Kier alpha value is -2.07. The highest BCUT2D eigenvalue weighted by atomic mass is 19.1. The summed E-state index contributed by atoms with van der Waals surface area (Å²) < 4.78 is 23.7. The summed E-state index contributed by atoms with van der Waals surface area (Å²) in [4.78, 5) is 0. The second kappa shape index (κ2) is 6.20. The van der Waals surface area contributed by atoms with Crippen molar-refractivity contribution in [1.29, 1.82) is 0 Å². The Kier molecular flexibility index (Phi) is 4.36. The van der Waals surface area contributed by atoms with Gasteiger partial charge in [-0.1, -0.05) is 6.07 Å². The van der Waals surface area contributed by atoms with Crippen molar-refractivity contribution in [2.75, 3.05) is 7.11 Å². The van der Waals surface area contributed by atoms with Gasteiger partial charge in [-0.2, -0.15) is 0 Å². The average Bonchev–Trinajstić information content (AvgIpc) is 2.46. The van der Waals surface area contributed by atoms with Crippen molar-refractivity contribution in [3.63, 3.8) is 0 Å². The van der Waals surface area contributed by atoms with Gasteiger partial charge in [-0.3, -0.25) is 0 Å². The maximum atomic E-state index is 12.8. The molecule has 19 heavy (non-hydrogen) atoms. The third-order valence-electron chi connectivity index (χ3n) is 2.79. The highest BCUT2D eigenvalue weighted by molar-refractivity contribution is 5.37. The van der Waals surface area contributed by atoms with Gasteiger partial charge in [-0.15, -0.1) is 0 Å². The lowest BCUT2D eigenvalue weighted by Gasteiger charge is -2.11. The van der Waals surface area contributed by atoms with E-state index in [1.165, 1.54) is 12.1 Å². The maximum Gasteiger partial charge on any atom is 0.125 e. The molecular formula is C15H16FNO2. The summed E-state index contributed by atoms with van der Waals surface area (Å²) in [5.74, 6) is 1.08. The zero-order valence-electron chi connectivity index (χ0n) is 10.7. The van der Waals surface area contributed by atoms with Crippen LogP contribution in [0.3, 0.4) is 0 Å². The van der Waals surface area contributed by atoms with Gasteiger partial charge in [0.1, 0.15) is 23.9 Å². The highest BCUT2D eigenvalue weighted by Crippen LogP contribution is 2.22. The van der Waals surface area contributed by atoms with E-state index in [4.69, 9.17) is 15.2 Å². The molecule has 2 aromatic rings. The van der Waals surface area contributed by atoms with Gasteiger partial charge >= 0.3 is 0 Å². The van der Waals surface area contributed by atoms with E-state index >= 15 is 0 Å². The normalized spacial score (nSPS) is 10.3. The van der Waals surface area contributed by atoms with Crippen LogP contribution < -0.4 is 15.2 Å². The van der Waals surface area contributed by atoms with E-state index in [0.717, 1.165) is 16.9 Å². The third-order valence-corrected chi connectivity index (χ3v) is 2.79. The van der Waals surface area contributed by atoms with Crippen molar-refractivity contribution >= 4 is 0 Å². The summed E-state index contributed by atoms with van der Waals surface area (Å²) in [7, 11) is 1.61.